The molecule has 0 aromatic carbocycles. The zero-order chi connectivity index (χ0) is 9.35. The van der Waals surface area contributed by atoms with Crippen molar-refractivity contribution in [2.45, 2.75) is 32.2 Å². The van der Waals surface area contributed by atoms with E-state index in [2.05, 4.69) is 6.92 Å². The van der Waals surface area contributed by atoms with Crippen LogP contribution in [0.1, 0.15) is 31.6 Å². The molecule has 0 saturated heterocycles. The molecule has 1 aromatic rings. The molecule has 3 heteroatoms. The molecule has 0 aliphatic carbocycles. The molecule has 0 aliphatic rings. The van der Waals surface area contributed by atoms with Crippen LogP contribution in [-0.4, -0.2) is 5.54 Å². The lowest BCUT2D eigenvalue weighted by atomic mass is 9.89. The monoisotopic (exact) mass is 203 g/mol. The molecule has 12 heavy (non-hydrogen) atoms. The van der Waals surface area contributed by atoms with Crippen molar-refractivity contribution in [1.29, 1.82) is 0 Å². The van der Waals surface area contributed by atoms with Gasteiger partial charge in [0.05, 0.1) is 4.34 Å². The Kier molecular flexibility index (Phi) is 2.81. The third-order valence-corrected chi connectivity index (χ3v) is 3.55. The number of rotatable bonds is 2. The molecular formula is C9H14ClNS. The minimum Gasteiger partial charge on any atom is -0.325 e. The second-order valence-electron chi connectivity index (χ2n) is 3.68. The van der Waals surface area contributed by atoms with E-state index in [1.54, 1.807) is 11.3 Å². The SMILES string of the molecule is CC(c1ccc(Cl)s1)C(C)(C)N. The topological polar surface area (TPSA) is 26.0 Å². The molecule has 0 fully saturated rings. The molecule has 0 amide bonds. The minimum absolute atomic E-state index is 0.172. The Balaban J connectivity index is 2.85. The van der Waals surface area contributed by atoms with E-state index >= 15 is 0 Å². The molecular weight excluding hydrogens is 190 g/mol. The third-order valence-electron chi connectivity index (χ3n) is 2.14. The quantitative estimate of drug-likeness (QED) is 0.785. The van der Waals surface area contributed by atoms with Crippen LogP contribution in [0.5, 0.6) is 0 Å². The Morgan fingerprint density at radius 2 is 2.08 bits per heavy atom. The second kappa shape index (κ2) is 3.36. The summed E-state index contributed by atoms with van der Waals surface area (Å²) < 4.78 is 0.834. The summed E-state index contributed by atoms with van der Waals surface area (Å²) >= 11 is 7.44. The van der Waals surface area contributed by atoms with Gasteiger partial charge in [0.15, 0.2) is 0 Å². The fraction of sp³-hybridized carbons (Fsp3) is 0.556. The van der Waals surface area contributed by atoms with Gasteiger partial charge in [-0.05, 0) is 26.0 Å². The highest BCUT2D eigenvalue weighted by Crippen LogP contribution is 2.32. The van der Waals surface area contributed by atoms with Gasteiger partial charge in [-0.15, -0.1) is 11.3 Å². The van der Waals surface area contributed by atoms with E-state index in [0.717, 1.165) is 4.34 Å². The highest BCUT2D eigenvalue weighted by molar-refractivity contribution is 7.16. The van der Waals surface area contributed by atoms with Gasteiger partial charge in [-0.2, -0.15) is 0 Å². The molecule has 1 aromatic heterocycles. The van der Waals surface area contributed by atoms with Gasteiger partial charge in [0, 0.05) is 16.3 Å². The van der Waals surface area contributed by atoms with Crippen LogP contribution in [0.3, 0.4) is 0 Å². The van der Waals surface area contributed by atoms with Crippen molar-refractivity contribution in [3.8, 4) is 0 Å². The van der Waals surface area contributed by atoms with Crippen LogP contribution in [0, 0.1) is 0 Å². The molecule has 0 saturated carbocycles. The third kappa shape index (κ3) is 2.22. The van der Waals surface area contributed by atoms with Crippen LogP contribution in [0.25, 0.3) is 0 Å². The molecule has 0 radical (unpaired) electrons. The van der Waals surface area contributed by atoms with Crippen molar-refractivity contribution in [2.75, 3.05) is 0 Å². The Labute approximate surface area is 82.5 Å². The van der Waals surface area contributed by atoms with Crippen LogP contribution in [0.4, 0.5) is 0 Å². The molecule has 2 N–H and O–H groups in total. The van der Waals surface area contributed by atoms with Gasteiger partial charge in [-0.1, -0.05) is 18.5 Å². The Morgan fingerprint density at radius 3 is 2.42 bits per heavy atom. The van der Waals surface area contributed by atoms with Crippen molar-refractivity contribution >= 4 is 22.9 Å². The predicted molar refractivity (Wildman–Crippen MR) is 56.0 cm³/mol. The van der Waals surface area contributed by atoms with E-state index in [9.17, 15) is 0 Å². The normalized spacial score (nSPS) is 14.8. The predicted octanol–water partition coefficient (Wildman–Crippen LogP) is 3.24. The first-order valence-corrected chi connectivity index (χ1v) is 5.15. The minimum atomic E-state index is -0.172. The average Bonchev–Trinajstić information content (AvgIpc) is 2.32. The largest absolute Gasteiger partial charge is 0.325 e. The summed E-state index contributed by atoms with van der Waals surface area (Å²) in [6.45, 7) is 6.19. The summed E-state index contributed by atoms with van der Waals surface area (Å²) in [6.07, 6.45) is 0. The zero-order valence-corrected chi connectivity index (χ0v) is 9.17. The van der Waals surface area contributed by atoms with Gasteiger partial charge >= 0.3 is 0 Å². The molecule has 1 rings (SSSR count). The molecule has 1 heterocycles. The van der Waals surface area contributed by atoms with E-state index in [1.807, 2.05) is 26.0 Å². The first kappa shape index (κ1) is 10.0. The van der Waals surface area contributed by atoms with E-state index in [-0.39, 0.29) is 5.54 Å². The second-order valence-corrected chi connectivity index (χ2v) is 5.43. The molecule has 1 unspecified atom stereocenters. The molecule has 0 bridgehead atoms. The highest BCUT2D eigenvalue weighted by Gasteiger charge is 2.23. The zero-order valence-electron chi connectivity index (χ0n) is 7.60. The maximum atomic E-state index is 5.98. The molecule has 68 valence electrons. The van der Waals surface area contributed by atoms with E-state index in [4.69, 9.17) is 17.3 Å². The summed E-state index contributed by atoms with van der Waals surface area (Å²) in [5.74, 6) is 0.356. The summed E-state index contributed by atoms with van der Waals surface area (Å²) in [7, 11) is 0. The molecule has 1 atom stereocenters. The first-order chi connectivity index (χ1) is 5.41. The smallest absolute Gasteiger partial charge is 0.0931 e. The van der Waals surface area contributed by atoms with Gasteiger partial charge < -0.3 is 5.73 Å². The first-order valence-electron chi connectivity index (χ1n) is 3.95. The summed E-state index contributed by atoms with van der Waals surface area (Å²) in [5.41, 5.74) is 5.81. The number of thiophene rings is 1. The van der Waals surface area contributed by atoms with Gasteiger partial charge in [-0.3, -0.25) is 0 Å². The molecule has 0 aliphatic heterocycles. The molecule has 0 spiro atoms. The van der Waals surface area contributed by atoms with Crippen molar-refractivity contribution < 1.29 is 0 Å². The Bertz CT molecular complexity index is 262. The summed E-state index contributed by atoms with van der Waals surface area (Å²) in [6, 6.07) is 3.97. The highest BCUT2D eigenvalue weighted by atomic mass is 35.5. The van der Waals surface area contributed by atoms with E-state index in [0.29, 0.717) is 5.92 Å². The Hall–Kier alpha value is -0.0500. The van der Waals surface area contributed by atoms with Crippen LogP contribution in [0.15, 0.2) is 12.1 Å². The fourth-order valence-corrected chi connectivity index (χ4v) is 2.24. The lowest BCUT2D eigenvalue weighted by Crippen LogP contribution is -2.37. The summed E-state index contributed by atoms with van der Waals surface area (Å²) in [5, 5.41) is 0. The van der Waals surface area contributed by atoms with Gasteiger partial charge in [0.1, 0.15) is 0 Å². The van der Waals surface area contributed by atoms with E-state index < -0.39 is 0 Å². The summed E-state index contributed by atoms with van der Waals surface area (Å²) in [4.78, 5) is 1.26. The number of halogens is 1. The lowest BCUT2D eigenvalue weighted by Gasteiger charge is -2.25. The van der Waals surface area contributed by atoms with Crippen LogP contribution in [0.2, 0.25) is 4.34 Å². The van der Waals surface area contributed by atoms with Crippen molar-refractivity contribution in [2.24, 2.45) is 5.73 Å². The van der Waals surface area contributed by atoms with Crippen molar-refractivity contribution in [1.82, 2.24) is 0 Å². The van der Waals surface area contributed by atoms with E-state index in [1.165, 1.54) is 4.88 Å². The van der Waals surface area contributed by atoms with Crippen molar-refractivity contribution in [3.05, 3.63) is 21.3 Å². The van der Waals surface area contributed by atoms with Crippen LogP contribution < -0.4 is 5.73 Å². The fourth-order valence-electron chi connectivity index (χ4n) is 0.928. The standard InChI is InChI=1S/C9H14ClNS/c1-6(9(2,3)11)7-4-5-8(10)12-7/h4-6H,11H2,1-3H3. The number of nitrogens with two attached hydrogens (primary N) is 1. The van der Waals surface area contributed by atoms with Crippen LogP contribution >= 0.6 is 22.9 Å². The maximum Gasteiger partial charge on any atom is 0.0931 e. The average molecular weight is 204 g/mol. The van der Waals surface area contributed by atoms with Gasteiger partial charge in [0.2, 0.25) is 0 Å². The van der Waals surface area contributed by atoms with Crippen molar-refractivity contribution in [3.63, 3.8) is 0 Å². The lowest BCUT2D eigenvalue weighted by molar-refractivity contribution is 0.440. The number of hydrogen-bond acceptors (Lipinski definition) is 2. The molecule has 1 nitrogen and oxygen atoms in total. The number of hydrogen-bond donors (Lipinski definition) is 1. The maximum absolute atomic E-state index is 5.98. The Morgan fingerprint density at radius 1 is 1.50 bits per heavy atom. The van der Waals surface area contributed by atoms with Gasteiger partial charge in [0.25, 0.3) is 0 Å². The van der Waals surface area contributed by atoms with Crippen LogP contribution in [-0.2, 0) is 0 Å². The van der Waals surface area contributed by atoms with Gasteiger partial charge in [-0.25, -0.2) is 0 Å².